The summed E-state index contributed by atoms with van der Waals surface area (Å²) in [7, 11) is 2.00. The maximum absolute atomic E-state index is 13.2. The number of sulfonamides is 1. The molecule has 1 fully saturated rings. The lowest BCUT2D eigenvalue weighted by atomic mass is 10.0. The fourth-order valence-corrected chi connectivity index (χ4v) is 7.26. The van der Waals surface area contributed by atoms with E-state index in [1.165, 1.54) is 21.1 Å². The van der Waals surface area contributed by atoms with Gasteiger partial charge in [0.15, 0.2) is 11.9 Å². The molecule has 6 rings (SSSR count). The lowest BCUT2D eigenvalue weighted by Gasteiger charge is -2.34. The number of rotatable bonds is 7. The van der Waals surface area contributed by atoms with Gasteiger partial charge in [-0.15, -0.1) is 0 Å². The maximum atomic E-state index is 13.2. The van der Waals surface area contributed by atoms with E-state index in [-0.39, 0.29) is 31.4 Å². The minimum absolute atomic E-state index is 0.00595. The molecule has 3 aromatic heterocycles. The Labute approximate surface area is 264 Å². The summed E-state index contributed by atoms with van der Waals surface area (Å²) in [6.07, 6.45) is -2.85. The van der Waals surface area contributed by atoms with Gasteiger partial charge in [-0.25, -0.2) is 22.9 Å². The number of pyridine rings is 1. The largest absolute Gasteiger partial charge is 0.416 e. The molecule has 0 amide bonds. The van der Waals surface area contributed by atoms with E-state index >= 15 is 0 Å². The quantitative estimate of drug-likeness (QED) is 0.321. The highest BCUT2D eigenvalue weighted by Gasteiger charge is 2.34. The molecule has 1 aromatic carbocycles. The first-order valence-corrected chi connectivity index (χ1v) is 16.9. The van der Waals surface area contributed by atoms with Gasteiger partial charge in [-0.05, 0) is 37.1 Å². The van der Waals surface area contributed by atoms with Gasteiger partial charge in [0.2, 0.25) is 10.0 Å². The number of imidazole rings is 1. The van der Waals surface area contributed by atoms with Crippen LogP contribution in [0.3, 0.4) is 0 Å². The van der Waals surface area contributed by atoms with Gasteiger partial charge in [-0.3, -0.25) is 14.0 Å². The van der Waals surface area contributed by atoms with Gasteiger partial charge in [-0.1, -0.05) is 12.1 Å². The maximum Gasteiger partial charge on any atom is 0.416 e. The predicted molar refractivity (Wildman–Crippen MR) is 167 cm³/mol. The van der Waals surface area contributed by atoms with Crippen LogP contribution >= 0.6 is 0 Å². The molecule has 248 valence electrons. The Morgan fingerprint density at radius 2 is 1.74 bits per heavy atom. The van der Waals surface area contributed by atoms with Gasteiger partial charge < -0.3 is 10.0 Å². The number of aromatic nitrogens is 5. The van der Waals surface area contributed by atoms with Crippen LogP contribution in [-0.4, -0.2) is 93.2 Å². The molecule has 1 atom stereocenters. The molecule has 12 nitrogen and oxygen atoms in total. The van der Waals surface area contributed by atoms with Crippen LogP contribution in [0.5, 0.6) is 0 Å². The highest BCUT2D eigenvalue weighted by Crippen LogP contribution is 2.35. The second-order valence-corrected chi connectivity index (χ2v) is 14.3. The molecule has 4 aromatic rings. The minimum atomic E-state index is -4.50. The van der Waals surface area contributed by atoms with E-state index in [0.717, 1.165) is 29.7 Å². The first kappa shape index (κ1) is 32.2. The molecule has 5 heterocycles. The van der Waals surface area contributed by atoms with Gasteiger partial charge in [-0.2, -0.15) is 22.6 Å². The molecular weight excluding hydrogens is 625 g/mol. The molecule has 0 radical (unpaired) electrons. The molecule has 0 bridgehead atoms. The number of piperidine rings is 1. The van der Waals surface area contributed by atoms with Gasteiger partial charge >= 0.3 is 11.9 Å². The van der Waals surface area contributed by atoms with Crippen LogP contribution in [0.4, 0.5) is 19.0 Å². The number of hydrogen-bond donors (Lipinski definition) is 1. The molecule has 0 aliphatic carbocycles. The van der Waals surface area contributed by atoms with Crippen molar-refractivity contribution in [3.05, 3.63) is 63.7 Å². The zero-order valence-electron chi connectivity index (χ0n) is 26.1. The summed E-state index contributed by atoms with van der Waals surface area (Å²) in [5, 5.41) is 16.1. The number of benzene rings is 1. The molecule has 0 unspecified atom stereocenters. The number of hydrogen-bond acceptors (Lipinski definition) is 8. The summed E-state index contributed by atoms with van der Waals surface area (Å²) in [5.74, 6) is 0.755. The predicted octanol–water partition coefficient (Wildman–Crippen LogP) is 2.83. The average molecular weight is 663 g/mol. The zero-order valence-corrected chi connectivity index (χ0v) is 26.9. The molecule has 2 aliphatic heterocycles. The Morgan fingerprint density at radius 1 is 1.07 bits per heavy atom. The third-order valence-corrected chi connectivity index (χ3v) is 10.3. The van der Waals surface area contributed by atoms with Crippen molar-refractivity contribution in [3.8, 4) is 11.3 Å². The molecule has 1 N–H and O–H groups in total. The van der Waals surface area contributed by atoms with Crippen LogP contribution in [0.2, 0.25) is 0 Å². The highest BCUT2D eigenvalue weighted by molar-refractivity contribution is 7.88. The van der Waals surface area contributed by atoms with Crippen LogP contribution in [-0.2, 0) is 36.2 Å². The van der Waals surface area contributed by atoms with Gasteiger partial charge in [0.05, 0.1) is 23.0 Å². The second kappa shape index (κ2) is 11.8. The number of alkyl halides is 3. The summed E-state index contributed by atoms with van der Waals surface area (Å²) in [4.78, 5) is 22.0. The molecular formula is C30H37F3N8O4S. The number of anilines is 1. The summed E-state index contributed by atoms with van der Waals surface area (Å²) in [5.41, 5.74) is 2.43. The van der Waals surface area contributed by atoms with Crippen molar-refractivity contribution in [1.29, 1.82) is 0 Å². The third-order valence-electron chi connectivity index (χ3n) is 9.01. The minimum Gasteiger partial charge on any atom is -0.370 e. The van der Waals surface area contributed by atoms with Gasteiger partial charge in [0, 0.05) is 83.2 Å². The Kier molecular flexibility index (Phi) is 8.27. The lowest BCUT2D eigenvalue weighted by molar-refractivity contribution is -0.137. The number of β-amino-alcohol motifs (C(OH)–C–C–N with tert-alkyl or cyclic N) is 1. The van der Waals surface area contributed by atoms with Gasteiger partial charge in [0.25, 0.3) is 0 Å². The van der Waals surface area contributed by atoms with E-state index in [4.69, 9.17) is 4.98 Å². The normalized spacial score (nSPS) is 17.8. The molecule has 1 saturated heterocycles. The highest BCUT2D eigenvalue weighted by atomic mass is 32.2. The first-order chi connectivity index (χ1) is 21.6. The molecule has 0 spiro atoms. The lowest BCUT2D eigenvalue weighted by Crippen LogP contribution is -2.41. The second-order valence-electron chi connectivity index (χ2n) is 12.3. The number of fused-ring (bicyclic) bond motifs is 2. The monoisotopic (exact) mass is 662 g/mol. The molecule has 0 saturated carbocycles. The summed E-state index contributed by atoms with van der Waals surface area (Å²) < 4.78 is 70.5. The number of aliphatic hydroxyl groups excluding tert-OH is 1. The van der Waals surface area contributed by atoms with Crippen LogP contribution < -0.4 is 10.6 Å². The Bertz CT molecular complexity index is 1920. The molecule has 16 heteroatoms. The summed E-state index contributed by atoms with van der Waals surface area (Å²) in [6.45, 7) is 1.65. The average Bonchev–Trinajstić information content (AvgIpc) is 3.51. The third kappa shape index (κ3) is 5.94. The van der Waals surface area contributed by atoms with Crippen LogP contribution in [0, 0.1) is 0 Å². The van der Waals surface area contributed by atoms with Crippen LogP contribution in [0.25, 0.3) is 22.4 Å². The molecule has 2 aliphatic rings. The fourth-order valence-electron chi connectivity index (χ4n) is 6.47. The van der Waals surface area contributed by atoms with Crippen molar-refractivity contribution >= 4 is 27.0 Å². The summed E-state index contributed by atoms with van der Waals surface area (Å²) >= 11 is 0. The number of aliphatic hydroxyl groups is 1. The van der Waals surface area contributed by atoms with E-state index in [1.54, 1.807) is 16.2 Å². The van der Waals surface area contributed by atoms with Crippen molar-refractivity contribution in [3.63, 3.8) is 0 Å². The zero-order chi connectivity index (χ0) is 33.1. The van der Waals surface area contributed by atoms with E-state index < -0.39 is 28.0 Å². The van der Waals surface area contributed by atoms with Crippen molar-refractivity contribution < 1.29 is 26.7 Å². The number of aryl methyl sites for hydroxylation is 1. The standard InChI is InChI=1S/C30H37F3N8O4S/c1-36(2)25-10-9-24-28(34-25)40(29(43)37(24)3)21-11-14-38(15-12-21)18-26(42)41-23-13-16-39(46(4,44)45)17-22(23)27(35-41)19-5-7-20(8-6-19)30(31,32)33/h5-10,21,26,42H,11-18H2,1-4H3/t26-/m0/s1. The number of halogens is 3. The Morgan fingerprint density at radius 3 is 2.35 bits per heavy atom. The van der Waals surface area contributed by atoms with Crippen molar-refractivity contribution in [2.45, 2.75) is 44.3 Å². The SMILES string of the molecule is CN(C)c1ccc2c(n1)n(C1CCN(C[C@H](O)n3nc(-c4ccc(C(F)(F)F)cc4)c4c3CCN(S(C)(=O)=O)C4)CC1)c(=O)n2C. The number of likely N-dealkylation sites (tertiary alicyclic amines) is 1. The van der Waals surface area contributed by atoms with Crippen LogP contribution in [0.15, 0.2) is 41.2 Å². The van der Waals surface area contributed by atoms with E-state index in [0.29, 0.717) is 60.5 Å². The van der Waals surface area contributed by atoms with Crippen molar-refractivity contribution in [2.24, 2.45) is 7.05 Å². The number of nitrogens with zero attached hydrogens (tertiary/aromatic N) is 8. The van der Waals surface area contributed by atoms with Crippen molar-refractivity contribution in [2.75, 3.05) is 51.4 Å². The summed E-state index contributed by atoms with van der Waals surface area (Å²) in [6, 6.07) is 8.29. The topological polar surface area (TPSA) is 122 Å². The molecule has 46 heavy (non-hydrogen) atoms. The fraction of sp³-hybridized carbons (Fsp3) is 0.500. The van der Waals surface area contributed by atoms with Gasteiger partial charge in [0.1, 0.15) is 5.82 Å². The Balaban J connectivity index is 1.23. The van der Waals surface area contributed by atoms with Crippen LogP contribution in [0.1, 0.15) is 41.9 Å². The first-order valence-electron chi connectivity index (χ1n) is 15.0. The van der Waals surface area contributed by atoms with Crippen molar-refractivity contribution in [1.82, 2.24) is 33.1 Å². The van der Waals surface area contributed by atoms with E-state index in [1.807, 2.05) is 31.1 Å². The van der Waals surface area contributed by atoms with E-state index in [9.17, 15) is 31.5 Å². The Hall–Kier alpha value is -3.73. The van der Waals surface area contributed by atoms with E-state index in [2.05, 4.69) is 10.00 Å². The smallest absolute Gasteiger partial charge is 0.370 e.